The number of methoxy groups -OCH3 is 1. The standard InChI is InChI=1S/C32H38ClN7O4/c1-16(2)25-28(26(17(3)4)35-15-34-25)40-30-23(12-24(33)27(36-30)22-11-21(44-8)10-9-18(22)5)29(37-31(40)41)38-13-20(7)39(32(42)43)14-19(38)6/h9-12,15-17,19-20H,13-14H2,1-8H3,(H,42,43)/t19-,20+/m0/s1. The molecule has 232 valence electrons. The van der Waals surface area contributed by atoms with E-state index >= 15 is 0 Å². The molecule has 1 aliphatic heterocycles. The molecule has 0 bridgehead atoms. The Morgan fingerprint density at radius 2 is 1.68 bits per heavy atom. The predicted molar refractivity (Wildman–Crippen MR) is 172 cm³/mol. The summed E-state index contributed by atoms with van der Waals surface area (Å²) in [5.41, 5.74) is 3.99. The molecule has 2 atom stereocenters. The van der Waals surface area contributed by atoms with Gasteiger partial charge in [0.25, 0.3) is 0 Å². The number of fused-ring (bicyclic) bond motifs is 1. The molecule has 0 saturated carbocycles. The number of halogens is 1. The van der Waals surface area contributed by atoms with Crippen LogP contribution < -0.4 is 15.3 Å². The van der Waals surface area contributed by atoms with Gasteiger partial charge in [-0.15, -0.1) is 0 Å². The zero-order valence-electron chi connectivity index (χ0n) is 26.3. The van der Waals surface area contributed by atoms with Crippen LogP contribution in [0.25, 0.3) is 28.0 Å². The van der Waals surface area contributed by atoms with E-state index in [2.05, 4.69) is 15.0 Å². The lowest BCUT2D eigenvalue weighted by Gasteiger charge is -2.43. The Balaban J connectivity index is 1.89. The molecular weight excluding hydrogens is 582 g/mol. The number of benzene rings is 1. The van der Waals surface area contributed by atoms with E-state index in [1.54, 1.807) is 13.2 Å². The van der Waals surface area contributed by atoms with E-state index in [0.29, 0.717) is 56.9 Å². The van der Waals surface area contributed by atoms with Crippen LogP contribution in [-0.2, 0) is 0 Å². The van der Waals surface area contributed by atoms with Crippen molar-refractivity contribution in [3.8, 4) is 22.7 Å². The molecule has 1 saturated heterocycles. The number of aromatic nitrogens is 5. The lowest BCUT2D eigenvalue weighted by Crippen LogP contribution is -2.58. The fourth-order valence-electron chi connectivity index (χ4n) is 5.87. The fourth-order valence-corrected chi connectivity index (χ4v) is 6.12. The summed E-state index contributed by atoms with van der Waals surface area (Å²) in [4.78, 5) is 48.5. The lowest BCUT2D eigenvalue weighted by molar-refractivity contribution is 0.114. The number of pyridine rings is 1. The molecule has 5 rings (SSSR count). The van der Waals surface area contributed by atoms with Gasteiger partial charge in [-0.05, 0) is 56.4 Å². The number of piperazine rings is 1. The van der Waals surface area contributed by atoms with Gasteiger partial charge in [0.1, 0.15) is 17.9 Å². The first-order chi connectivity index (χ1) is 20.8. The molecule has 12 heteroatoms. The summed E-state index contributed by atoms with van der Waals surface area (Å²) >= 11 is 7.00. The van der Waals surface area contributed by atoms with Crippen molar-refractivity contribution in [1.82, 2.24) is 29.4 Å². The summed E-state index contributed by atoms with van der Waals surface area (Å²) in [5.74, 6) is 1.01. The number of hydrogen-bond acceptors (Lipinski definition) is 8. The minimum Gasteiger partial charge on any atom is -0.497 e. The fraction of sp³-hybridized carbons (Fsp3) is 0.438. The second-order valence-electron chi connectivity index (χ2n) is 12.0. The maximum atomic E-state index is 14.3. The Hall–Kier alpha value is -4.25. The third kappa shape index (κ3) is 5.45. The summed E-state index contributed by atoms with van der Waals surface area (Å²) in [5, 5.41) is 10.7. The number of anilines is 1. The van der Waals surface area contributed by atoms with Gasteiger partial charge in [-0.3, -0.25) is 0 Å². The molecule has 0 spiro atoms. The number of ether oxygens (including phenoxy) is 1. The number of aryl methyl sites for hydroxylation is 1. The maximum absolute atomic E-state index is 14.3. The van der Waals surface area contributed by atoms with Gasteiger partial charge in [0.15, 0.2) is 5.65 Å². The van der Waals surface area contributed by atoms with Crippen molar-refractivity contribution in [2.75, 3.05) is 25.1 Å². The summed E-state index contributed by atoms with van der Waals surface area (Å²) in [7, 11) is 1.60. The highest BCUT2D eigenvalue weighted by atomic mass is 35.5. The first kappa shape index (κ1) is 31.2. The summed E-state index contributed by atoms with van der Waals surface area (Å²) in [6.07, 6.45) is 0.551. The van der Waals surface area contributed by atoms with Gasteiger partial charge < -0.3 is 19.6 Å². The summed E-state index contributed by atoms with van der Waals surface area (Å²) in [6, 6.07) is 6.89. The molecule has 1 fully saturated rings. The normalized spacial score (nSPS) is 17.2. The molecule has 44 heavy (non-hydrogen) atoms. The molecule has 4 aromatic rings. The highest BCUT2D eigenvalue weighted by Gasteiger charge is 2.35. The maximum Gasteiger partial charge on any atom is 0.407 e. The third-order valence-corrected chi connectivity index (χ3v) is 8.49. The smallest absolute Gasteiger partial charge is 0.407 e. The van der Waals surface area contributed by atoms with Crippen molar-refractivity contribution in [2.24, 2.45) is 0 Å². The van der Waals surface area contributed by atoms with E-state index in [0.717, 1.165) is 11.1 Å². The van der Waals surface area contributed by atoms with Gasteiger partial charge in [-0.25, -0.2) is 29.1 Å². The molecule has 1 N–H and O–H groups in total. The van der Waals surface area contributed by atoms with E-state index < -0.39 is 11.8 Å². The highest BCUT2D eigenvalue weighted by molar-refractivity contribution is 6.34. The van der Waals surface area contributed by atoms with Gasteiger partial charge in [-0.2, -0.15) is 4.98 Å². The highest BCUT2D eigenvalue weighted by Crippen LogP contribution is 2.38. The molecule has 1 amide bonds. The molecular formula is C32H38ClN7O4. The van der Waals surface area contributed by atoms with Crippen molar-refractivity contribution in [3.63, 3.8) is 0 Å². The molecule has 1 aliphatic rings. The number of hydrogen-bond donors (Lipinski definition) is 1. The summed E-state index contributed by atoms with van der Waals surface area (Å²) < 4.78 is 7.01. The number of nitrogens with zero attached hydrogens (tertiary/aromatic N) is 7. The molecule has 1 aromatic carbocycles. The van der Waals surface area contributed by atoms with Crippen LogP contribution in [-0.4, -0.2) is 72.9 Å². The molecule has 4 heterocycles. The second-order valence-corrected chi connectivity index (χ2v) is 12.4. The number of rotatable bonds is 6. The Labute approximate surface area is 261 Å². The minimum atomic E-state index is -0.980. The molecule has 3 aromatic heterocycles. The van der Waals surface area contributed by atoms with Crippen LogP contribution in [0.15, 0.2) is 35.4 Å². The zero-order valence-corrected chi connectivity index (χ0v) is 27.0. The SMILES string of the molecule is COc1ccc(C)c(-c2nc3c(cc2Cl)c(N2C[C@@H](C)N(C(=O)O)C[C@@H]2C)nc(=O)n3-c2c(C(C)C)ncnc2C(C)C)c1. The number of amides is 1. The minimum absolute atomic E-state index is 0.0236. The largest absolute Gasteiger partial charge is 0.497 e. The molecule has 0 radical (unpaired) electrons. The Kier molecular flexibility index (Phi) is 8.53. The van der Waals surface area contributed by atoms with Crippen LogP contribution in [0.2, 0.25) is 5.02 Å². The number of carboxylic acid groups (broad SMARTS) is 1. The molecule has 0 unspecified atom stereocenters. The van der Waals surface area contributed by atoms with Gasteiger partial charge in [0, 0.05) is 30.7 Å². The van der Waals surface area contributed by atoms with Crippen LogP contribution >= 0.6 is 11.6 Å². The van der Waals surface area contributed by atoms with Crippen LogP contribution in [0.3, 0.4) is 0 Å². The van der Waals surface area contributed by atoms with Crippen molar-refractivity contribution >= 4 is 34.5 Å². The topological polar surface area (TPSA) is 127 Å². The van der Waals surface area contributed by atoms with Crippen LogP contribution in [0, 0.1) is 6.92 Å². The van der Waals surface area contributed by atoms with E-state index in [1.807, 2.05) is 71.6 Å². The Morgan fingerprint density at radius 1 is 1.02 bits per heavy atom. The average molecular weight is 620 g/mol. The summed E-state index contributed by atoms with van der Waals surface area (Å²) in [6.45, 7) is 14.4. The van der Waals surface area contributed by atoms with Crippen LogP contribution in [0.5, 0.6) is 5.75 Å². The monoisotopic (exact) mass is 619 g/mol. The van der Waals surface area contributed by atoms with Crippen molar-refractivity contribution in [3.05, 3.63) is 63.1 Å². The van der Waals surface area contributed by atoms with Gasteiger partial charge >= 0.3 is 11.8 Å². The van der Waals surface area contributed by atoms with Crippen molar-refractivity contribution in [2.45, 2.75) is 72.4 Å². The third-order valence-electron chi connectivity index (χ3n) is 8.20. The molecule has 11 nitrogen and oxygen atoms in total. The Bertz CT molecular complexity index is 1780. The predicted octanol–water partition coefficient (Wildman–Crippen LogP) is 6.03. The van der Waals surface area contributed by atoms with Crippen LogP contribution in [0.4, 0.5) is 10.6 Å². The molecule has 0 aliphatic carbocycles. The van der Waals surface area contributed by atoms with Gasteiger partial charge in [0.2, 0.25) is 0 Å². The Morgan fingerprint density at radius 3 is 2.27 bits per heavy atom. The van der Waals surface area contributed by atoms with E-state index in [1.165, 1.54) is 15.8 Å². The van der Waals surface area contributed by atoms with Gasteiger partial charge in [0.05, 0.1) is 40.3 Å². The quantitative estimate of drug-likeness (QED) is 0.275. The van der Waals surface area contributed by atoms with E-state index in [9.17, 15) is 14.7 Å². The first-order valence-electron chi connectivity index (χ1n) is 14.7. The van der Waals surface area contributed by atoms with Crippen molar-refractivity contribution < 1.29 is 14.6 Å². The lowest BCUT2D eigenvalue weighted by atomic mass is 10.0. The van der Waals surface area contributed by atoms with E-state index in [4.69, 9.17) is 21.3 Å². The second kappa shape index (κ2) is 12.0. The average Bonchev–Trinajstić information content (AvgIpc) is 2.97. The first-order valence-corrected chi connectivity index (χ1v) is 15.1. The van der Waals surface area contributed by atoms with Gasteiger partial charge in [-0.1, -0.05) is 45.4 Å². The van der Waals surface area contributed by atoms with Crippen molar-refractivity contribution in [1.29, 1.82) is 0 Å². The van der Waals surface area contributed by atoms with E-state index in [-0.39, 0.29) is 30.5 Å². The number of carbonyl (C=O) groups is 1. The zero-order chi connectivity index (χ0) is 32.0. The van der Waals surface area contributed by atoms with Crippen LogP contribution in [0.1, 0.15) is 70.3 Å².